The third-order valence-corrected chi connectivity index (χ3v) is 3.08. The summed E-state index contributed by atoms with van der Waals surface area (Å²) in [6, 6.07) is 4.92. The van der Waals surface area contributed by atoms with Gasteiger partial charge in [-0.3, -0.25) is 4.79 Å². The van der Waals surface area contributed by atoms with Gasteiger partial charge in [-0.25, -0.2) is 0 Å². The van der Waals surface area contributed by atoms with Crippen LogP contribution in [0.4, 0.5) is 0 Å². The number of halogens is 1. The zero-order valence-electron chi connectivity index (χ0n) is 10.8. The van der Waals surface area contributed by atoms with Gasteiger partial charge in [-0.2, -0.15) is 0 Å². The van der Waals surface area contributed by atoms with Gasteiger partial charge in [-0.15, -0.1) is 0 Å². The average Bonchev–Trinajstić information content (AvgIpc) is 2.29. The van der Waals surface area contributed by atoms with Crippen LogP contribution in [0.1, 0.15) is 31.1 Å². The molecule has 0 unspecified atom stereocenters. The molecule has 0 fully saturated rings. The number of ether oxygens (including phenoxy) is 1. The molecular weight excluding hydrogens is 345 g/mol. The molecular formula is C13H18INO3. The molecule has 0 aromatic heterocycles. The highest BCUT2D eigenvalue weighted by Crippen LogP contribution is 2.19. The van der Waals surface area contributed by atoms with E-state index >= 15 is 0 Å². The lowest BCUT2D eigenvalue weighted by Gasteiger charge is -2.24. The Morgan fingerprint density at radius 2 is 2.17 bits per heavy atom. The Morgan fingerprint density at radius 3 is 2.78 bits per heavy atom. The molecule has 0 heterocycles. The molecule has 1 amide bonds. The monoisotopic (exact) mass is 363 g/mol. The van der Waals surface area contributed by atoms with Crippen LogP contribution in [0.15, 0.2) is 18.2 Å². The quantitative estimate of drug-likeness (QED) is 0.791. The zero-order valence-corrected chi connectivity index (χ0v) is 12.9. The second-order valence-electron chi connectivity index (χ2n) is 4.54. The number of benzene rings is 1. The van der Waals surface area contributed by atoms with Crippen LogP contribution in [0.5, 0.6) is 5.75 Å². The molecule has 2 N–H and O–H groups in total. The summed E-state index contributed by atoms with van der Waals surface area (Å²) >= 11 is 2.10. The summed E-state index contributed by atoms with van der Waals surface area (Å²) in [6.45, 7) is 6.72. The molecule has 5 heteroatoms. The van der Waals surface area contributed by atoms with Crippen LogP contribution in [0, 0.1) is 3.57 Å². The summed E-state index contributed by atoms with van der Waals surface area (Å²) in [5, 5.41) is 12.4. The van der Waals surface area contributed by atoms with Gasteiger partial charge in [0.2, 0.25) is 0 Å². The summed E-state index contributed by atoms with van der Waals surface area (Å²) in [5.41, 5.74) is -0.128. The van der Waals surface area contributed by atoms with E-state index in [1.54, 1.807) is 12.1 Å². The van der Waals surface area contributed by atoms with Crippen molar-refractivity contribution >= 4 is 28.5 Å². The third kappa shape index (κ3) is 4.45. The molecule has 0 aliphatic heterocycles. The number of carbonyl (C=O) groups excluding carboxylic acids is 1. The van der Waals surface area contributed by atoms with E-state index in [-0.39, 0.29) is 17.2 Å². The van der Waals surface area contributed by atoms with E-state index in [0.29, 0.717) is 13.2 Å². The molecule has 1 aromatic carbocycles. The Balaban J connectivity index is 2.69. The molecule has 0 spiro atoms. The molecule has 100 valence electrons. The molecule has 0 radical (unpaired) electrons. The van der Waals surface area contributed by atoms with Crippen molar-refractivity contribution in [2.24, 2.45) is 0 Å². The lowest BCUT2D eigenvalue weighted by Crippen LogP contribution is -2.40. The highest BCUT2D eigenvalue weighted by atomic mass is 127. The Bertz CT molecular complexity index is 432. The number of aromatic hydroxyl groups is 1. The number of amides is 1. The Kier molecular flexibility index (Phi) is 5.40. The van der Waals surface area contributed by atoms with Gasteiger partial charge < -0.3 is 15.2 Å². The molecule has 0 bridgehead atoms. The normalized spacial score (nSPS) is 11.3. The number of hydrogen-bond acceptors (Lipinski definition) is 3. The average molecular weight is 363 g/mol. The van der Waals surface area contributed by atoms with E-state index < -0.39 is 5.60 Å². The Morgan fingerprint density at radius 1 is 1.50 bits per heavy atom. The van der Waals surface area contributed by atoms with Gasteiger partial charge in [-0.1, -0.05) is 0 Å². The number of phenolic OH excluding ortho intramolecular Hbond substituents is 1. The topological polar surface area (TPSA) is 58.6 Å². The van der Waals surface area contributed by atoms with Gasteiger partial charge in [0.25, 0.3) is 5.91 Å². The zero-order chi connectivity index (χ0) is 13.8. The second kappa shape index (κ2) is 6.38. The van der Waals surface area contributed by atoms with Gasteiger partial charge in [0.15, 0.2) is 0 Å². The van der Waals surface area contributed by atoms with E-state index in [4.69, 9.17) is 4.74 Å². The molecule has 4 nitrogen and oxygen atoms in total. The summed E-state index contributed by atoms with van der Waals surface area (Å²) in [6.07, 6.45) is 0. The van der Waals surface area contributed by atoms with Gasteiger partial charge in [-0.05, 0) is 61.6 Å². The first-order valence-electron chi connectivity index (χ1n) is 5.76. The molecule has 1 aromatic rings. The van der Waals surface area contributed by atoms with Crippen molar-refractivity contribution in [3.8, 4) is 5.75 Å². The minimum atomic E-state index is -0.415. The molecule has 0 saturated carbocycles. The van der Waals surface area contributed by atoms with Crippen LogP contribution in [0.2, 0.25) is 0 Å². The molecule has 18 heavy (non-hydrogen) atoms. The molecule has 0 atom stereocenters. The van der Waals surface area contributed by atoms with E-state index in [2.05, 4.69) is 27.9 Å². The predicted molar refractivity (Wildman–Crippen MR) is 78.9 cm³/mol. The Hall–Kier alpha value is -0.820. The van der Waals surface area contributed by atoms with Crippen molar-refractivity contribution in [2.75, 3.05) is 13.2 Å². The molecule has 0 aliphatic rings. The van der Waals surface area contributed by atoms with Crippen molar-refractivity contribution in [1.82, 2.24) is 5.32 Å². The predicted octanol–water partition coefficient (Wildman–Crippen LogP) is 2.54. The highest BCUT2D eigenvalue weighted by Gasteiger charge is 2.20. The van der Waals surface area contributed by atoms with Crippen LogP contribution in [-0.2, 0) is 4.74 Å². The minimum Gasteiger partial charge on any atom is -0.507 e. The first-order chi connectivity index (χ1) is 8.35. The lowest BCUT2D eigenvalue weighted by atomic mass is 10.1. The summed E-state index contributed by atoms with van der Waals surface area (Å²) in [5.74, 6) is -0.305. The van der Waals surface area contributed by atoms with Gasteiger partial charge in [0.05, 0.1) is 11.2 Å². The second-order valence-corrected chi connectivity index (χ2v) is 5.78. The van der Waals surface area contributed by atoms with E-state index in [0.717, 1.165) is 3.57 Å². The maximum atomic E-state index is 11.9. The number of nitrogens with one attached hydrogen (secondary N) is 1. The van der Waals surface area contributed by atoms with Crippen LogP contribution in [0.25, 0.3) is 0 Å². The summed E-state index contributed by atoms with van der Waals surface area (Å²) in [7, 11) is 0. The van der Waals surface area contributed by atoms with Crippen molar-refractivity contribution in [3.05, 3.63) is 27.3 Å². The van der Waals surface area contributed by atoms with Crippen LogP contribution >= 0.6 is 22.6 Å². The SMILES string of the molecule is CCOC(C)(C)CNC(=O)c1cc(I)ccc1O. The minimum absolute atomic E-state index is 0.0119. The van der Waals surface area contributed by atoms with Crippen molar-refractivity contribution in [3.63, 3.8) is 0 Å². The summed E-state index contributed by atoms with van der Waals surface area (Å²) in [4.78, 5) is 11.9. The third-order valence-electron chi connectivity index (χ3n) is 2.41. The smallest absolute Gasteiger partial charge is 0.255 e. The fraction of sp³-hybridized carbons (Fsp3) is 0.462. The Labute approximate surface area is 121 Å². The standard InChI is InChI=1S/C13H18INO3/c1-4-18-13(2,3)8-15-12(17)10-7-9(14)5-6-11(10)16/h5-7,16H,4,8H2,1-3H3,(H,15,17). The highest BCUT2D eigenvalue weighted by molar-refractivity contribution is 14.1. The van der Waals surface area contributed by atoms with E-state index in [1.165, 1.54) is 6.07 Å². The first-order valence-corrected chi connectivity index (χ1v) is 6.84. The fourth-order valence-corrected chi connectivity index (χ4v) is 2.01. The van der Waals surface area contributed by atoms with Crippen molar-refractivity contribution in [2.45, 2.75) is 26.4 Å². The maximum Gasteiger partial charge on any atom is 0.255 e. The van der Waals surface area contributed by atoms with Crippen LogP contribution in [0.3, 0.4) is 0 Å². The number of hydrogen-bond donors (Lipinski definition) is 2. The largest absolute Gasteiger partial charge is 0.507 e. The molecule has 1 rings (SSSR count). The molecule has 0 aliphatic carbocycles. The van der Waals surface area contributed by atoms with Gasteiger partial charge in [0.1, 0.15) is 5.75 Å². The van der Waals surface area contributed by atoms with Crippen LogP contribution in [-0.4, -0.2) is 29.8 Å². The van der Waals surface area contributed by atoms with E-state index in [1.807, 2.05) is 20.8 Å². The van der Waals surface area contributed by atoms with Gasteiger partial charge in [0, 0.05) is 16.7 Å². The first kappa shape index (κ1) is 15.2. The van der Waals surface area contributed by atoms with E-state index in [9.17, 15) is 9.90 Å². The summed E-state index contributed by atoms with van der Waals surface area (Å²) < 4.78 is 6.39. The van der Waals surface area contributed by atoms with Crippen LogP contribution < -0.4 is 5.32 Å². The van der Waals surface area contributed by atoms with Crippen molar-refractivity contribution in [1.29, 1.82) is 0 Å². The molecule has 0 saturated heterocycles. The van der Waals surface area contributed by atoms with Crippen molar-refractivity contribution < 1.29 is 14.6 Å². The fourth-order valence-electron chi connectivity index (χ4n) is 1.52. The number of phenols is 1. The number of rotatable bonds is 5. The number of carbonyl (C=O) groups is 1. The van der Waals surface area contributed by atoms with Gasteiger partial charge >= 0.3 is 0 Å². The maximum absolute atomic E-state index is 11.9. The lowest BCUT2D eigenvalue weighted by molar-refractivity contribution is -0.00817.